The molecule has 0 saturated carbocycles. The Labute approximate surface area is 114 Å². The fourth-order valence-electron chi connectivity index (χ4n) is 1.62. The fourth-order valence-corrected chi connectivity index (χ4v) is 1.78. The Kier molecular flexibility index (Phi) is 4.13. The van der Waals surface area contributed by atoms with Crippen molar-refractivity contribution in [1.29, 1.82) is 0 Å². The van der Waals surface area contributed by atoms with Crippen LogP contribution in [-0.4, -0.2) is 36.4 Å². The molecule has 0 bridgehead atoms. The van der Waals surface area contributed by atoms with Gasteiger partial charge in [0.05, 0.1) is 17.8 Å². The maximum absolute atomic E-state index is 11.9. The Bertz CT molecular complexity index is 618. The number of hydrogen-bond acceptors (Lipinski definition) is 5. The Hall–Kier alpha value is -1.92. The number of carbonyl (C=O) groups is 1. The lowest BCUT2D eigenvalue weighted by Gasteiger charge is -2.08. The number of rotatable bonds is 4. The Morgan fingerprint density at radius 1 is 1.47 bits per heavy atom. The summed E-state index contributed by atoms with van der Waals surface area (Å²) in [6, 6.07) is 5.05. The number of nitrogen functional groups attached to an aromatic ring is 1. The smallest absolute Gasteiger partial charge is 0.274 e. The molecule has 0 fully saturated rings. The maximum Gasteiger partial charge on any atom is 0.274 e. The van der Waals surface area contributed by atoms with Crippen LogP contribution in [0.4, 0.5) is 5.69 Å². The number of hydrogen-bond donors (Lipinski definition) is 2. The SMILES string of the molecule is COCCNC(=O)c1nnc2cc(Cl)ccc2c1N. The van der Waals surface area contributed by atoms with E-state index in [0.717, 1.165) is 0 Å². The Morgan fingerprint density at radius 2 is 2.26 bits per heavy atom. The zero-order valence-corrected chi connectivity index (χ0v) is 11.1. The number of aromatic nitrogens is 2. The predicted octanol–water partition coefficient (Wildman–Crippen LogP) is 1.24. The summed E-state index contributed by atoms with van der Waals surface area (Å²) in [5.74, 6) is -0.376. The van der Waals surface area contributed by atoms with Crippen LogP contribution in [-0.2, 0) is 4.74 Å². The quantitative estimate of drug-likeness (QED) is 0.823. The van der Waals surface area contributed by atoms with Gasteiger partial charge in [-0.25, -0.2) is 0 Å². The van der Waals surface area contributed by atoms with Crippen molar-refractivity contribution in [3.8, 4) is 0 Å². The van der Waals surface area contributed by atoms with E-state index in [2.05, 4.69) is 15.5 Å². The topological polar surface area (TPSA) is 90.1 Å². The fraction of sp³-hybridized carbons (Fsp3) is 0.250. The van der Waals surface area contributed by atoms with Crippen LogP contribution in [0.25, 0.3) is 10.9 Å². The molecule has 1 aromatic carbocycles. The van der Waals surface area contributed by atoms with E-state index < -0.39 is 0 Å². The van der Waals surface area contributed by atoms with Gasteiger partial charge in [-0.05, 0) is 18.2 Å². The van der Waals surface area contributed by atoms with Gasteiger partial charge in [-0.15, -0.1) is 10.2 Å². The average molecular weight is 281 g/mol. The molecule has 0 spiro atoms. The third-order valence-corrected chi connectivity index (χ3v) is 2.80. The number of amides is 1. The number of methoxy groups -OCH3 is 1. The lowest BCUT2D eigenvalue weighted by Crippen LogP contribution is -2.28. The van der Waals surface area contributed by atoms with Gasteiger partial charge >= 0.3 is 0 Å². The van der Waals surface area contributed by atoms with Gasteiger partial charge in [0, 0.05) is 24.1 Å². The highest BCUT2D eigenvalue weighted by atomic mass is 35.5. The number of anilines is 1. The second-order valence-electron chi connectivity index (χ2n) is 3.87. The van der Waals surface area contributed by atoms with Gasteiger partial charge in [-0.2, -0.15) is 0 Å². The highest BCUT2D eigenvalue weighted by Gasteiger charge is 2.14. The van der Waals surface area contributed by atoms with Crippen LogP contribution >= 0.6 is 11.6 Å². The van der Waals surface area contributed by atoms with Crippen LogP contribution in [0.2, 0.25) is 5.02 Å². The number of halogens is 1. The van der Waals surface area contributed by atoms with Crippen molar-refractivity contribution < 1.29 is 9.53 Å². The van der Waals surface area contributed by atoms with Gasteiger partial charge in [-0.3, -0.25) is 4.79 Å². The predicted molar refractivity (Wildman–Crippen MR) is 73.2 cm³/mol. The first kappa shape index (κ1) is 13.5. The minimum Gasteiger partial charge on any atom is -0.396 e. The second kappa shape index (κ2) is 5.81. The van der Waals surface area contributed by atoms with Crippen molar-refractivity contribution in [2.75, 3.05) is 26.0 Å². The molecule has 0 aliphatic heterocycles. The number of fused-ring (bicyclic) bond motifs is 1. The van der Waals surface area contributed by atoms with Gasteiger partial charge < -0.3 is 15.8 Å². The highest BCUT2D eigenvalue weighted by molar-refractivity contribution is 6.31. The van der Waals surface area contributed by atoms with E-state index in [4.69, 9.17) is 22.1 Å². The number of ether oxygens (including phenoxy) is 1. The van der Waals surface area contributed by atoms with Crippen molar-refractivity contribution in [1.82, 2.24) is 15.5 Å². The van der Waals surface area contributed by atoms with Gasteiger partial charge in [0.15, 0.2) is 5.69 Å². The number of nitrogens with one attached hydrogen (secondary N) is 1. The van der Waals surface area contributed by atoms with Crippen molar-refractivity contribution >= 4 is 34.1 Å². The molecule has 7 heteroatoms. The molecular formula is C12H13ClN4O2. The minimum atomic E-state index is -0.376. The van der Waals surface area contributed by atoms with E-state index in [1.807, 2.05) is 0 Å². The van der Waals surface area contributed by atoms with E-state index in [1.165, 1.54) is 0 Å². The van der Waals surface area contributed by atoms with E-state index in [1.54, 1.807) is 25.3 Å². The van der Waals surface area contributed by atoms with E-state index in [9.17, 15) is 4.79 Å². The third kappa shape index (κ3) is 2.91. The van der Waals surface area contributed by atoms with Gasteiger partial charge in [0.25, 0.3) is 5.91 Å². The minimum absolute atomic E-state index is 0.103. The number of benzene rings is 1. The molecule has 0 radical (unpaired) electrons. The lowest BCUT2D eigenvalue weighted by atomic mass is 10.1. The van der Waals surface area contributed by atoms with Crippen LogP contribution < -0.4 is 11.1 Å². The molecule has 2 aromatic rings. The van der Waals surface area contributed by atoms with Crippen LogP contribution in [0, 0.1) is 0 Å². The molecule has 3 N–H and O–H groups in total. The van der Waals surface area contributed by atoms with Gasteiger partial charge in [-0.1, -0.05) is 11.6 Å². The molecule has 1 heterocycles. The summed E-state index contributed by atoms with van der Waals surface area (Å²) in [6.45, 7) is 0.803. The normalized spacial score (nSPS) is 10.6. The third-order valence-electron chi connectivity index (χ3n) is 2.57. The average Bonchev–Trinajstić information content (AvgIpc) is 2.39. The van der Waals surface area contributed by atoms with Crippen LogP contribution in [0.15, 0.2) is 18.2 Å². The molecule has 2 rings (SSSR count). The number of nitrogens with two attached hydrogens (primary N) is 1. The first-order valence-corrected chi connectivity index (χ1v) is 6.00. The van der Waals surface area contributed by atoms with E-state index in [-0.39, 0.29) is 17.3 Å². The van der Waals surface area contributed by atoms with Crippen LogP contribution in [0.1, 0.15) is 10.5 Å². The lowest BCUT2D eigenvalue weighted by molar-refractivity contribution is 0.0932. The summed E-state index contributed by atoms with van der Waals surface area (Å²) in [6.07, 6.45) is 0. The molecule has 100 valence electrons. The molecule has 0 aliphatic rings. The van der Waals surface area contributed by atoms with Gasteiger partial charge in [0.1, 0.15) is 0 Å². The molecule has 1 aromatic heterocycles. The zero-order chi connectivity index (χ0) is 13.8. The van der Waals surface area contributed by atoms with Crippen LogP contribution in [0.3, 0.4) is 0 Å². The van der Waals surface area contributed by atoms with Crippen molar-refractivity contribution in [3.05, 3.63) is 28.9 Å². The molecule has 0 saturated heterocycles. The monoisotopic (exact) mass is 280 g/mol. The molecule has 0 aliphatic carbocycles. The summed E-state index contributed by atoms with van der Waals surface area (Å²) in [7, 11) is 1.56. The Balaban J connectivity index is 2.32. The molecule has 19 heavy (non-hydrogen) atoms. The zero-order valence-electron chi connectivity index (χ0n) is 10.3. The van der Waals surface area contributed by atoms with Crippen molar-refractivity contribution in [3.63, 3.8) is 0 Å². The summed E-state index contributed by atoms with van der Waals surface area (Å²) in [4.78, 5) is 11.9. The molecule has 0 unspecified atom stereocenters. The summed E-state index contributed by atoms with van der Waals surface area (Å²) < 4.78 is 4.85. The largest absolute Gasteiger partial charge is 0.396 e. The molecular weight excluding hydrogens is 268 g/mol. The summed E-state index contributed by atoms with van der Waals surface area (Å²) >= 11 is 5.86. The molecule has 0 atom stereocenters. The second-order valence-corrected chi connectivity index (χ2v) is 4.31. The molecule has 1 amide bonds. The highest BCUT2D eigenvalue weighted by Crippen LogP contribution is 2.23. The first-order chi connectivity index (χ1) is 9.13. The standard InChI is InChI=1S/C12H13ClN4O2/c1-19-5-4-15-12(18)11-10(14)8-3-2-7(13)6-9(8)16-17-11/h2-3,6H,4-5H2,1H3,(H2,14,16)(H,15,18). The van der Waals surface area contributed by atoms with E-state index in [0.29, 0.717) is 29.1 Å². The Morgan fingerprint density at radius 3 is 3.00 bits per heavy atom. The summed E-state index contributed by atoms with van der Waals surface area (Å²) in [5.41, 5.74) is 6.88. The summed E-state index contributed by atoms with van der Waals surface area (Å²) in [5, 5.41) is 11.6. The van der Waals surface area contributed by atoms with Gasteiger partial charge in [0.2, 0.25) is 0 Å². The van der Waals surface area contributed by atoms with E-state index >= 15 is 0 Å². The first-order valence-electron chi connectivity index (χ1n) is 5.62. The maximum atomic E-state index is 11.9. The number of nitrogens with zero attached hydrogens (tertiary/aromatic N) is 2. The number of carbonyl (C=O) groups excluding carboxylic acids is 1. The van der Waals surface area contributed by atoms with Crippen molar-refractivity contribution in [2.24, 2.45) is 0 Å². The van der Waals surface area contributed by atoms with Crippen LogP contribution in [0.5, 0.6) is 0 Å². The molecule has 6 nitrogen and oxygen atoms in total. The van der Waals surface area contributed by atoms with Crippen molar-refractivity contribution in [2.45, 2.75) is 0 Å².